The summed E-state index contributed by atoms with van der Waals surface area (Å²) in [4.78, 5) is 23.0. The summed E-state index contributed by atoms with van der Waals surface area (Å²) in [5, 5.41) is 11.5. The summed E-state index contributed by atoms with van der Waals surface area (Å²) in [5.74, 6) is -1.45. The van der Waals surface area contributed by atoms with Gasteiger partial charge in [0.05, 0.1) is 0 Å². The normalized spacial score (nSPS) is 12.6. The molecule has 0 aromatic heterocycles. The van der Waals surface area contributed by atoms with Crippen LogP contribution in [0.2, 0.25) is 0 Å². The fourth-order valence-electron chi connectivity index (χ4n) is 1.75. The first-order chi connectivity index (χ1) is 9.25. The Balaban J connectivity index is 2.82. The van der Waals surface area contributed by atoms with Gasteiger partial charge in [-0.15, -0.1) is 6.58 Å². The van der Waals surface area contributed by atoms with Gasteiger partial charge in [-0.2, -0.15) is 0 Å². The molecule has 0 unspecified atom stereocenters. The third-order valence-electron chi connectivity index (χ3n) is 3.02. The Morgan fingerprint density at radius 2 is 1.85 bits per heavy atom. The highest BCUT2D eigenvalue weighted by Gasteiger charge is 2.19. The van der Waals surface area contributed by atoms with Gasteiger partial charge in [-0.25, -0.2) is 4.79 Å². The van der Waals surface area contributed by atoms with Crippen LogP contribution in [0.25, 0.3) is 0 Å². The second-order valence-corrected chi connectivity index (χ2v) is 5.72. The fraction of sp³-hybridized carbons (Fsp3) is 0.375. The van der Waals surface area contributed by atoms with Crippen molar-refractivity contribution in [1.82, 2.24) is 5.32 Å². The lowest BCUT2D eigenvalue weighted by Crippen LogP contribution is -2.40. The Labute approximate surface area is 119 Å². The highest BCUT2D eigenvalue weighted by Crippen LogP contribution is 2.22. The van der Waals surface area contributed by atoms with Gasteiger partial charge < -0.3 is 10.4 Å². The number of hydrogen-bond donors (Lipinski definition) is 2. The standard InChI is InChI=1S/C16H21NO3/c1-5-6-13(15(19)20)17-14(18)11-7-9-12(10-8-11)16(2,3)4/h5,7-10,13H,1,6H2,2-4H3,(H,17,18)(H,19,20)/t13-/m1/s1. The predicted molar refractivity (Wildman–Crippen MR) is 78.8 cm³/mol. The van der Waals surface area contributed by atoms with E-state index in [-0.39, 0.29) is 17.7 Å². The number of nitrogens with one attached hydrogen (secondary N) is 1. The molecule has 1 rings (SSSR count). The predicted octanol–water partition coefficient (Wildman–Crippen LogP) is 2.74. The number of carbonyl (C=O) groups excluding carboxylic acids is 1. The van der Waals surface area contributed by atoms with Crippen molar-refractivity contribution >= 4 is 11.9 Å². The third kappa shape index (κ3) is 4.23. The van der Waals surface area contributed by atoms with Crippen molar-refractivity contribution in [3.8, 4) is 0 Å². The van der Waals surface area contributed by atoms with Crippen LogP contribution in [0.3, 0.4) is 0 Å². The van der Waals surface area contributed by atoms with Crippen molar-refractivity contribution in [2.45, 2.75) is 38.6 Å². The summed E-state index contributed by atoms with van der Waals surface area (Å²) in [5.41, 5.74) is 1.59. The van der Waals surface area contributed by atoms with Crippen molar-refractivity contribution in [2.75, 3.05) is 0 Å². The van der Waals surface area contributed by atoms with Crippen LogP contribution in [0.5, 0.6) is 0 Å². The highest BCUT2D eigenvalue weighted by atomic mass is 16.4. The van der Waals surface area contributed by atoms with E-state index in [0.29, 0.717) is 5.56 Å². The number of carboxylic acids is 1. The van der Waals surface area contributed by atoms with Crippen molar-refractivity contribution in [2.24, 2.45) is 0 Å². The van der Waals surface area contributed by atoms with Gasteiger partial charge in [0.1, 0.15) is 6.04 Å². The summed E-state index contributed by atoms with van der Waals surface area (Å²) in [6.07, 6.45) is 1.67. The van der Waals surface area contributed by atoms with Gasteiger partial charge in [0.15, 0.2) is 0 Å². The van der Waals surface area contributed by atoms with E-state index in [0.717, 1.165) is 5.56 Å². The summed E-state index contributed by atoms with van der Waals surface area (Å²) in [6.45, 7) is 9.76. The average Bonchev–Trinajstić information content (AvgIpc) is 2.37. The van der Waals surface area contributed by atoms with E-state index < -0.39 is 12.0 Å². The second-order valence-electron chi connectivity index (χ2n) is 5.72. The first-order valence-electron chi connectivity index (χ1n) is 6.51. The molecule has 0 spiro atoms. The van der Waals surface area contributed by atoms with E-state index in [1.807, 2.05) is 12.1 Å². The number of benzene rings is 1. The van der Waals surface area contributed by atoms with E-state index in [9.17, 15) is 9.59 Å². The molecular weight excluding hydrogens is 254 g/mol. The number of rotatable bonds is 5. The third-order valence-corrected chi connectivity index (χ3v) is 3.02. The van der Waals surface area contributed by atoms with Crippen LogP contribution in [0.1, 0.15) is 43.1 Å². The zero-order valence-corrected chi connectivity index (χ0v) is 12.1. The lowest BCUT2D eigenvalue weighted by molar-refractivity contribution is -0.139. The Kier molecular flexibility index (Phi) is 5.08. The van der Waals surface area contributed by atoms with Gasteiger partial charge in [-0.3, -0.25) is 4.79 Å². The van der Waals surface area contributed by atoms with Crippen LogP contribution in [-0.4, -0.2) is 23.0 Å². The van der Waals surface area contributed by atoms with Crippen LogP contribution in [0.15, 0.2) is 36.9 Å². The molecular formula is C16H21NO3. The number of aliphatic carboxylic acids is 1. The smallest absolute Gasteiger partial charge is 0.326 e. The van der Waals surface area contributed by atoms with Gasteiger partial charge in [0.25, 0.3) is 5.91 Å². The monoisotopic (exact) mass is 275 g/mol. The summed E-state index contributed by atoms with van der Waals surface area (Å²) in [6, 6.07) is 6.25. The first kappa shape index (κ1) is 16.0. The van der Waals surface area contributed by atoms with Crippen molar-refractivity contribution in [3.63, 3.8) is 0 Å². The minimum atomic E-state index is -1.07. The minimum Gasteiger partial charge on any atom is -0.480 e. The topological polar surface area (TPSA) is 66.4 Å². The van der Waals surface area contributed by atoms with Gasteiger partial charge in [-0.1, -0.05) is 39.0 Å². The first-order valence-corrected chi connectivity index (χ1v) is 6.51. The Hall–Kier alpha value is -2.10. The number of hydrogen-bond acceptors (Lipinski definition) is 2. The molecule has 0 aliphatic carbocycles. The fourth-order valence-corrected chi connectivity index (χ4v) is 1.75. The molecule has 1 atom stereocenters. The quantitative estimate of drug-likeness (QED) is 0.812. The van der Waals surface area contributed by atoms with Crippen LogP contribution in [0, 0.1) is 0 Å². The second kappa shape index (κ2) is 6.37. The molecule has 1 amide bonds. The Bertz CT molecular complexity index is 497. The maximum absolute atomic E-state index is 12.0. The van der Waals surface area contributed by atoms with Gasteiger partial charge in [0.2, 0.25) is 0 Å². The lowest BCUT2D eigenvalue weighted by Gasteiger charge is -2.19. The van der Waals surface area contributed by atoms with Crippen molar-refractivity contribution in [3.05, 3.63) is 48.0 Å². The minimum absolute atomic E-state index is 0.0153. The molecule has 1 aromatic carbocycles. The number of amides is 1. The largest absolute Gasteiger partial charge is 0.480 e. The van der Waals surface area contributed by atoms with E-state index in [1.165, 1.54) is 6.08 Å². The SMILES string of the molecule is C=CC[C@@H](NC(=O)c1ccc(C(C)(C)C)cc1)C(=O)O. The Morgan fingerprint density at radius 3 is 2.25 bits per heavy atom. The molecule has 0 bridgehead atoms. The molecule has 1 aromatic rings. The molecule has 0 radical (unpaired) electrons. The molecule has 0 saturated heterocycles. The number of carbonyl (C=O) groups is 2. The van der Waals surface area contributed by atoms with Crippen molar-refractivity contribution in [1.29, 1.82) is 0 Å². The van der Waals surface area contributed by atoms with Crippen LogP contribution < -0.4 is 5.32 Å². The van der Waals surface area contributed by atoms with E-state index >= 15 is 0 Å². The van der Waals surface area contributed by atoms with Gasteiger partial charge >= 0.3 is 5.97 Å². The lowest BCUT2D eigenvalue weighted by atomic mass is 9.86. The van der Waals surface area contributed by atoms with Crippen LogP contribution >= 0.6 is 0 Å². The van der Waals surface area contributed by atoms with Gasteiger partial charge in [-0.05, 0) is 29.5 Å². The number of carboxylic acid groups (broad SMARTS) is 1. The average molecular weight is 275 g/mol. The molecule has 4 heteroatoms. The summed E-state index contributed by atoms with van der Waals surface area (Å²) >= 11 is 0. The van der Waals surface area contributed by atoms with E-state index in [1.54, 1.807) is 12.1 Å². The molecule has 0 heterocycles. The molecule has 0 aliphatic heterocycles. The molecule has 0 aliphatic rings. The molecule has 4 nitrogen and oxygen atoms in total. The Morgan fingerprint density at radius 1 is 1.30 bits per heavy atom. The van der Waals surface area contributed by atoms with Gasteiger partial charge in [0, 0.05) is 5.56 Å². The zero-order chi connectivity index (χ0) is 15.3. The molecule has 108 valence electrons. The molecule has 0 saturated carbocycles. The maximum atomic E-state index is 12.0. The van der Waals surface area contributed by atoms with Crippen LogP contribution in [0.4, 0.5) is 0 Å². The van der Waals surface area contributed by atoms with E-state index in [2.05, 4.69) is 32.7 Å². The van der Waals surface area contributed by atoms with Crippen molar-refractivity contribution < 1.29 is 14.7 Å². The van der Waals surface area contributed by atoms with E-state index in [4.69, 9.17) is 5.11 Å². The van der Waals surface area contributed by atoms with Crippen LogP contribution in [-0.2, 0) is 10.2 Å². The molecule has 2 N–H and O–H groups in total. The molecule has 20 heavy (non-hydrogen) atoms. The maximum Gasteiger partial charge on any atom is 0.326 e. The summed E-state index contributed by atoms with van der Waals surface area (Å²) < 4.78 is 0. The molecule has 0 fully saturated rings. The summed E-state index contributed by atoms with van der Waals surface area (Å²) in [7, 11) is 0. The zero-order valence-electron chi connectivity index (χ0n) is 12.1. The highest BCUT2D eigenvalue weighted by molar-refractivity contribution is 5.96.